The number of rotatable bonds is 5. The maximum Gasteiger partial charge on any atom is 0.254 e. The van der Waals surface area contributed by atoms with Gasteiger partial charge in [-0.25, -0.2) is 4.98 Å². The first-order valence-electron chi connectivity index (χ1n) is 8.99. The molecule has 134 valence electrons. The van der Waals surface area contributed by atoms with Crippen LogP contribution in [0.4, 0.5) is 0 Å². The van der Waals surface area contributed by atoms with Crippen molar-refractivity contribution in [3.8, 4) is 0 Å². The van der Waals surface area contributed by atoms with Crippen LogP contribution in [0.5, 0.6) is 0 Å². The van der Waals surface area contributed by atoms with Gasteiger partial charge in [0.1, 0.15) is 5.52 Å². The highest BCUT2D eigenvalue weighted by atomic mass is 16.5. The molecule has 0 radical (unpaired) electrons. The van der Waals surface area contributed by atoms with Gasteiger partial charge in [-0.05, 0) is 36.6 Å². The summed E-state index contributed by atoms with van der Waals surface area (Å²) < 4.78 is 11.2. The van der Waals surface area contributed by atoms with Crippen molar-refractivity contribution >= 4 is 17.0 Å². The third-order valence-corrected chi connectivity index (χ3v) is 4.92. The van der Waals surface area contributed by atoms with E-state index >= 15 is 0 Å². The number of nitrogens with zero attached hydrogens (tertiary/aromatic N) is 2. The summed E-state index contributed by atoms with van der Waals surface area (Å²) in [5.74, 6) is 0.697. The van der Waals surface area contributed by atoms with Crippen LogP contribution in [0, 0.1) is 0 Å². The Hall–Kier alpha value is -2.66. The molecule has 1 aromatic heterocycles. The van der Waals surface area contributed by atoms with Gasteiger partial charge in [-0.3, -0.25) is 4.79 Å². The van der Waals surface area contributed by atoms with Gasteiger partial charge in [0, 0.05) is 25.6 Å². The Balaban J connectivity index is 1.49. The van der Waals surface area contributed by atoms with Crippen molar-refractivity contribution in [2.24, 2.45) is 0 Å². The van der Waals surface area contributed by atoms with Crippen LogP contribution in [0.2, 0.25) is 0 Å². The van der Waals surface area contributed by atoms with Crippen LogP contribution in [-0.2, 0) is 17.6 Å². The van der Waals surface area contributed by atoms with E-state index in [0.29, 0.717) is 18.1 Å². The first-order chi connectivity index (χ1) is 12.7. The maximum atomic E-state index is 12.7. The largest absolute Gasteiger partial charge is 0.441 e. The normalized spacial score (nSPS) is 16.9. The van der Waals surface area contributed by atoms with E-state index in [0.717, 1.165) is 37.0 Å². The number of benzene rings is 2. The maximum absolute atomic E-state index is 12.7. The molecule has 0 bridgehead atoms. The third kappa shape index (κ3) is 3.48. The third-order valence-electron chi connectivity index (χ3n) is 4.92. The molecule has 2 heterocycles. The number of oxazole rings is 1. The molecule has 1 fully saturated rings. The highest BCUT2D eigenvalue weighted by molar-refractivity contribution is 5.97. The van der Waals surface area contributed by atoms with Crippen LogP contribution in [0.1, 0.15) is 28.2 Å². The van der Waals surface area contributed by atoms with Gasteiger partial charge in [0.15, 0.2) is 11.5 Å². The summed E-state index contributed by atoms with van der Waals surface area (Å²) >= 11 is 0. The molecule has 0 N–H and O–H groups in total. The van der Waals surface area contributed by atoms with E-state index in [1.807, 2.05) is 43.4 Å². The predicted octanol–water partition coefficient (Wildman–Crippen LogP) is 3.47. The molecule has 26 heavy (non-hydrogen) atoms. The van der Waals surface area contributed by atoms with E-state index in [-0.39, 0.29) is 11.9 Å². The lowest BCUT2D eigenvalue weighted by Gasteiger charge is -2.23. The summed E-state index contributed by atoms with van der Waals surface area (Å²) in [6, 6.07) is 15.9. The fourth-order valence-electron chi connectivity index (χ4n) is 3.31. The Bertz CT molecular complexity index is 898. The van der Waals surface area contributed by atoms with Crippen molar-refractivity contribution < 1.29 is 13.9 Å². The Labute approximate surface area is 152 Å². The molecular weight excluding hydrogens is 328 g/mol. The van der Waals surface area contributed by atoms with Crippen molar-refractivity contribution in [3.63, 3.8) is 0 Å². The predicted molar refractivity (Wildman–Crippen MR) is 99.2 cm³/mol. The zero-order valence-electron chi connectivity index (χ0n) is 14.9. The van der Waals surface area contributed by atoms with Gasteiger partial charge in [-0.2, -0.15) is 0 Å². The molecule has 0 unspecified atom stereocenters. The van der Waals surface area contributed by atoms with E-state index in [9.17, 15) is 4.79 Å². The van der Waals surface area contributed by atoms with Crippen LogP contribution in [-0.4, -0.2) is 42.1 Å². The molecule has 0 spiro atoms. The zero-order valence-corrected chi connectivity index (χ0v) is 14.9. The zero-order chi connectivity index (χ0) is 17.9. The molecule has 0 aliphatic carbocycles. The number of fused-ring (bicyclic) bond motifs is 1. The highest BCUT2D eigenvalue weighted by Crippen LogP contribution is 2.21. The average molecular weight is 350 g/mol. The number of likely N-dealkylation sites (N-methyl/N-ethyl adjacent to an activating group) is 1. The topological polar surface area (TPSA) is 55.6 Å². The smallest absolute Gasteiger partial charge is 0.254 e. The van der Waals surface area contributed by atoms with Gasteiger partial charge in [-0.15, -0.1) is 0 Å². The molecule has 3 aromatic rings. The molecule has 1 aliphatic rings. The van der Waals surface area contributed by atoms with Crippen LogP contribution in [0.3, 0.4) is 0 Å². The number of aryl methyl sites for hydroxylation is 2. The van der Waals surface area contributed by atoms with Gasteiger partial charge >= 0.3 is 0 Å². The number of hydrogen-bond acceptors (Lipinski definition) is 4. The average Bonchev–Trinajstić information content (AvgIpc) is 3.35. The summed E-state index contributed by atoms with van der Waals surface area (Å²) in [5, 5.41) is 0. The van der Waals surface area contributed by atoms with Crippen molar-refractivity contribution in [3.05, 3.63) is 65.5 Å². The lowest BCUT2D eigenvalue weighted by molar-refractivity contribution is 0.0711. The second kappa shape index (κ2) is 7.30. The quantitative estimate of drug-likeness (QED) is 0.707. The van der Waals surface area contributed by atoms with Gasteiger partial charge in [0.25, 0.3) is 5.91 Å². The Kier molecular flexibility index (Phi) is 4.71. The summed E-state index contributed by atoms with van der Waals surface area (Å²) in [5.41, 5.74) is 3.34. The Morgan fingerprint density at radius 2 is 2.04 bits per heavy atom. The molecule has 5 heteroatoms. The van der Waals surface area contributed by atoms with E-state index in [2.05, 4.69) is 17.1 Å². The number of aromatic nitrogens is 1. The van der Waals surface area contributed by atoms with Gasteiger partial charge < -0.3 is 14.1 Å². The second-order valence-electron chi connectivity index (χ2n) is 6.71. The van der Waals surface area contributed by atoms with Crippen molar-refractivity contribution in [1.29, 1.82) is 0 Å². The second-order valence-corrected chi connectivity index (χ2v) is 6.71. The van der Waals surface area contributed by atoms with Gasteiger partial charge in [0.2, 0.25) is 0 Å². The molecular formula is C21H22N2O3. The number of ether oxygens (including phenoxy) is 1. The fraction of sp³-hybridized carbons (Fsp3) is 0.333. The first kappa shape index (κ1) is 16.8. The van der Waals surface area contributed by atoms with Crippen molar-refractivity contribution in [2.45, 2.75) is 25.3 Å². The summed E-state index contributed by atoms with van der Waals surface area (Å²) in [6.45, 7) is 1.33. The fourth-order valence-corrected chi connectivity index (χ4v) is 3.31. The molecule has 1 saturated heterocycles. The standard InChI is InChI=1S/C21H22N2O3/c1-23(17-11-12-25-14-17)21(24)16-8-9-19-18(13-16)22-20(26-19)10-7-15-5-3-2-4-6-15/h2-6,8-9,13,17H,7,10-12,14H2,1H3/t17-/m0/s1. The lowest BCUT2D eigenvalue weighted by Crippen LogP contribution is -2.37. The number of carbonyl (C=O) groups excluding carboxylic acids is 1. The molecule has 1 aliphatic heterocycles. The SMILES string of the molecule is CN(C(=O)c1ccc2oc(CCc3ccccc3)nc2c1)[C@H]1CCOC1. The Morgan fingerprint density at radius 3 is 2.81 bits per heavy atom. The number of hydrogen-bond donors (Lipinski definition) is 0. The van der Waals surface area contributed by atoms with Crippen LogP contribution in [0.15, 0.2) is 52.9 Å². The Morgan fingerprint density at radius 1 is 1.19 bits per heavy atom. The minimum atomic E-state index is -0.00349. The summed E-state index contributed by atoms with van der Waals surface area (Å²) in [7, 11) is 1.83. The monoisotopic (exact) mass is 350 g/mol. The van der Waals surface area contributed by atoms with E-state index in [1.54, 1.807) is 4.90 Å². The summed E-state index contributed by atoms with van der Waals surface area (Å²) in [4.78, 5) is 19.0. The number of carbonyl (C=O) groups is 1. The molecule has 1 amide bonds. The first-order valence-corrected chi connectivity index (χ1v) is 8.99. The molecule has 4 rings (SSSR count). The summed E-state index contributed by atoms with van der Waals surface area (Å²) in [6.07, 6.45) is 2.50. The van der Waals surface area contributed by atoms with Crippen molar-refractivity contribution in [2.75, 3.05) is 20.3 Å². The number of amides is 1. The minimum Gasteiger partial charge on any atom is -0.441 e. The van der Waals surface area contributed by atoms with E-state index in [4.69, 9.17) is 9.15 Å². The van der Waals surface area contributed by atoms with Crippen molar-refractivity contribution in [1.82, 2.24) is 9.88 Å². The molecule has 5 nitrogen and oxygen atoms in total. The highest BCUT2D eigenvalue weighted by Gasteiger charge is 2.25. The lowest BCUT2D eigenvalue weighted by atomic mass is 10.1. The van der Waals surface area contributed by atoms with Crippen LogP contribution in [0.25, 0.3) is 11.1 Å². The molecule has 1 atom stereocenters. The minimum absolute atomic E-state index is 0.00349. The van der Waals surface area contributed by atoms with Gasteiger partial charge in [-0.1, -0.05) is 30.3 Å². The molecule has 2 aromatic carbocycles. The van der Waals surface area contributed by atoms with Crippen LogP contribution < -0.4 is 0 Å². The van der Waals surface area contributed by atoms with Gasteiger partial charge in [0.05, 0.1) is 12.6 Å². The van der Waals surface area contributed by atoms with E-state index in [1.165, 1.54) is 5.56 Å². The van der Waals surface area contributed by atoms with E-state index < -0.39 is 0 Å². The molecule has 0 saturated carbocycles. The van der Waals surface area contributed by atoms with Crippen LogP contribution >= 0.6 is 0 Å².